The van der Waals surface area contributed by atoms with Gasteiger partial charge in [-0.3, -0.25) is 57.9 Å². The van der Waals surface area contributed by atoms with Gasteiger partial charge in [-0.1, -0.05) is 76.6 Å². The van der Waals surface area contributed by atoms with Crippen molar-refractivity contribution >= 4 is 81.1 Å². The van der Waals surface area contributed by atoms with Crippen LogP contribution in [-0.4, -0.2) is 144 Å². The molecule has 2 aliphatic heterocycles. The Bertz CT molecular complexity index is 5120. The van der Waals surface area contributed by atoms with Gasteiger partial charge < -0.3 is 58.7 Å². The summed E-state index contributed by atoms with van der Waals surface area (Å²) in [7, 11) is 7.20. The predicted octanol–water partition coefficient (Wildman–Crippen LogP) is 19.3. The first-order valence-corrected chi connectivity index (χ1v) is 42.9. The Morgan fingerprint density at radius 1 is 0.388 bits per heavy atom. The standard InChI is InChI=1S/C17H24FNO4.C12H16FNO3.2C12H15FO3.C12H13FO3.C11H13FO3.C11H11FO3.C7H6BrF.C4H4O3/c1-12-11-13(6-7-14(12)18)15(21-2)8-9-16(20)19-23-17-5-3-4-10-22-17;1-8-7-9(3-4-10(8)13)11(17-2)5-6-12(15)14-16;1-8-7-9(3-4-10(8)13)11(16-2)5-6-12(14)15;2*1-8-7-9(3-4-10(8)13)11(14)5-6-12(15)16-2;2*1-7-6-8(2-3-9(7)12)10(13)4-5-11(14)15;1-5-4-6(8)2-3-7(5)9;5-3-1-2-4(6)7-3/h6-7,11,15,17H,3-5,8-10H2,1-2H3,(H,19,20);3-4,7,11,16H,5-6H2,1-2H3,(H,14,15);3-4,7,11H,5-6H2,1-2H3,(H,14,15);3-4,7,11,14H,5-6H2,1-2H3;3-4,7H,5-6H2,1-2H3;2-3,6,10,13H,4-5H2,1H3,(H,14,15);2-3,6H,4-5H2,1H3,(H,14,15);2-4H,1H3;1-2H2/t15-,17?;3*11-;;10-;;;/m1111.1.../s1. The van der Waals surface area contributed by atoms with Crippen molar-refractivity contribution in [1.29, 1.82) is 0 Å². The number of cyclic esters (lactones) is 2. The lowest BCUT2D eigenvalue weighted by atomic mass is 10.0. The number of rotatable bonds is 33. The van der Waals surface area contributed by atoms with Crippen LogP contribution in [0.15, 0.2) is 150 Å². The zero-order chi connectivity index (χ0) is 101. The predicted molar refractivity (Wildman–Crippen MR) is 479 cm³/mol. The monoisotopic (exact) mass is 1950 g/mol. The van der Waals surface area contributed by atoms with Crippen LogP contribution in [0.5, 0.6) is 0 Å². The maximum absolute atomic E-state index is 13.3. The number of aliphatic hydroxyl groups is 2. The number of carboxylic acids is 3. The number of Topliss-reactive ketones (excluding diaryl/α,β-unsaturated/α-hetero) is 2. The van der Waals surface area contributed by atoms with Gasteiger partial charge in [0.25, 0.3) is 0 Å². The van der Waals surface area contributed by atoms with E-state index < -0.39 is 53.9 Å². The number of aryl methyl sites for hydroxylation is 8. The molecular formula is C98H117BrF8N2O25. The summed E-state index contributed by atoms with van der Waals surface area (Å²) in [5.41, 5.74) is 12.4. The van der Waals surface area contributed by atoms with E-state index in [1.807, 2.05) is 0 Å². The number of amides is 2. The van der Waals surface area contributed by atoms with E-state index in [4.69, 9.17) is 44.3 Å². The summed E-state index contributed by atoms with van der Waals surface area (Å²) in [5.74, 6) is -7.84. The normalized spacial score (nSPS) is 13.2. The van der Waals surface area contributed by atoms with E-state index >= 15 is 0 Å². The molecule has 2 heterocycles. The summed E-state index contributed by atoms with van der Waals surface area (Å²) >= 11 is 3.23. The molecule has 8 N–H and O–H groups in total. The van der Waals surface area contributed by atoms with Gasteiger partial charge in [-0.15, -0.1) is 0 Å². The molecule has 1 unspecified atom stereocenters. The fourth-order valence-corrected chi connectivity index (χ4v) is 12.4. The fraction of sp³-hybridized carbons (Fsp3) is 0.398. The first-order chi connectivity index (χ1) is 63.3. The second-order valence-corrected chi connectivity index (χ2v) is 31.2. The van der Waals surface area contributed by atoms with E-state index in [-0.39, 0.29) is 178 Å². The summed E-state index contributed by atoms with van der Waals surface area (Å²) in [4.78, 5) is 124. The fourth-order valence-electron chi connectivity index (χ4n) is 11.9. The van der Waals surface area contributed by atoms with Crippen LogP contribution in [0.3, 0.4) is 0 Å². The molecule has 0 radical (unpaired) electrons. The number of aliphatic carboxylic acids is 3. The number of hydrogen-bond acceptors (Lipinski definition) is 22. The average Bonchev–Trinajstić information content (AvgIpc) is 1.55. The first-order valence-electron chi connectivity index (χ1n) is 42.1. The summed E-state index contributed by atoms with van der Waals surface area (Å²) in [6.07, 6.45) is 2.64. The number of esters is 4. The van der Waals surface area contributed by atoms with Crippen LogP contribution in [0.4, 0.5) is 35.1 Å². The molecule has 2 amide bonds. The van der Waals surface area contributed by atoms with Gasteiger partial charge in [0, 0.05) is 94.9 Å². The van der Waals surface area contributed by atoms with Crippen LogP contribution in [0.25, 0.3) is 0 Å². The van der Waals surface area contributed by atoms with Gasteiger partial charge in [0.15, 0.2) is 17.9 Å². The summed E-state index contributed by atoms with van der Waals surface area (Å²) in [5, 5.41) is 53.2. The Hall–Kier alpha value is -11.9. The molecule has 0 bridgehead atoms. The van der Waals surface area contributed by atoms with Crippen LogP contribution >= 0.6 is 15.9 Å². The highest BCUT2D eigenvalue weighted by Gasteiger charge is 2.23. The molecule has 8 aromatic rings. The minimum atomic E-state index is -1.01. The molecule has 6 atom stereocenters. The summed E-state index contributed by atoms with van der Waals surface area (Å²) < 4.78 is 139. The third kappa shape index (κ3) is 47.7. The maximum Gasteiger partial charge on any atom is 0.314 e. The molecular weight excluding hydrogens is 1840 g/mol. The van der Waals surface area contributed by atoms with E-state index in [1.165, 1.54) is 119 Å². The third-order valence-electron chi connectivity index (χ3n) is 19.8. The SMILES string of the molecule is COC(=O)CCC(=O)c1ccc(F)c(C)c1.COC(=O)CC[C@@H](O)c1ccc(F)c(C)c1.CO[C@H](CCC(=O)NO)c1ccc(F)c(C)c1.CO[C@H](CCC(=O)NOC1CCCCO1)c1ccc(F)c(C)c1.CO[C@H](CCC(=O)O)c1ccc(F)c(C)c1.Cc1cc(Br)ccc1F.Cc1cc(C(=O)CCC(=O)O)ccc1F.Cc1cc([C@H](O)CCC(=O)O)ccc1F.O=C1CCC(=O)O1. The molecule has 0 aromatic heterocycles. The van der Waals surface area contributed by atoms with Gasteiger partial charge >= 0.3 is 41.8 Å². The molecule has 134 heavy (non-hydrogen) atoms. The smallest absolute Gasteiger partial charge is 0.314 e. The van der Waals surface area contributed by atoms with Crippen molar-refractivity contribution < 1.29 is 157 Å². The van der Waals surface area contributed by atoms with Gasteiger partial charge in [-0.05, 0) is 258 Å². The number of carbonyl (C=O) groups is 11. The Labute approximate surface area is 781 Å². The van der Waals surface area contributed by atoms with Crippen molar-refractivity contribution in [1.82, 2.24) is 11.0 Å². The van der Waals surface area contributed by atoms with E-state index in [0.29, 0.717) is 92.6 Å². The Morgan fingerprint density at radius 2 is 0.701 bits per heavy atom. The zero-order valence-corrected chi connectivity index (χ0v) is 78.4. The largest absolute Gasteiger partial charge is 0.481 e. The molecule has 10 rings (SSSR count). The van der Waals surface area contributed by atoms with E-state index in [9.17, 15) is 98.1 Å². The van der Waals surface area contributed by atoms with Crippen molar-refractivity contribution in [2.75, 3.05) is 42.2 Å². The van der Waals surface area contributed by atoms with Crippen molar-refractivity contribution in [2.24, 2.45) is 0 Å². The van der Waals surface area contributed by atoms with Gasteiger partial charge in [0.05, 0.1) is 70.4 Å². The number of nitrogens with one attached hydrogen (secondary N) is 2. The average molecular weight is 1950 g/mol. The van der Waals surface area contributed by atoms with Crippen LogP contribution in [-0.2, 0) is 81.1 Å². The number of hydrogen-bond donors (Lipinski definition) is 8. The summed E-state index contributed by atoms with van der Waals surface area (Å²) in [6.45, 7) is 13.8. The molecule has 2 aliphatic rings. The molecule has 8 aromatic carbocycles. The molecule has 0 saturated carbocycles. The topological polar surface area (TPSA) is 407 Å². The van der Waals surface area contributed by atoms with Crippen LogP contribution in [0.2, 0.25) is 0 Å². The van der Waals surface area contributed by atoms with E-state index in [1.54, 1.807) is 123 Å². The maximum atomic E-state index is 13.3. The van der Waals surface area contributed by atoms with Gasteiger partial charge in [-0.25, -0.2) is 50.9 Å². The number of aliphatic hydroxyl groups excluding tert-OH is 2. The lowest BCUT2D eigenvalue weighted by Gasteiger charge is -2.22. The van der Waals surface area contributed by atoms with Gasteiger partial charge in [-0.2, -0.15) is 0 Å². The number of ketones is 2. The number of ether oxygens (including phenoxy) is 7. The van der Waals surface area contributed by atoms with Crippen molar-refractivity contribution in [3.05, 3.63) is 280 Å². The number of hydroxylamine groups is 2. The minimum absolute atomic E-state index is 0.0366. The highest BCUT2D eigenvalue weighted by molar-refractivity contribution is 9.10. The van der Waals surface area contributed by atoms with Gasteiger partial charge in [0.1, 0.15) is 46.5 Å². The lowest BCUT2D eigenvalue weighted by molar-refractivity contribution is -0.200. The Morgan fingerprint density at radius 3 is 1.01 bits per heavy atom. The molecule has 2 fully saturated rings. The highest BCUT2D eigenvalue weighted by Crippen LogP contribution is 2.29. The minimum Gasteiger partial charge on any atom is -0.481 e. The molecule has 0 spiro atoms. The second-order valence-electron chi connectivity index (χ2n) is 30.3. The quantitative estimate of drug-likeness (QED) is 0.00360. The summed E-state index contributed by atoms with van der Waals surface area (Å²) in [6, 6.07) is 35.9. The molecule has 36 heteroatoms. The Kier molecular flexibility index (Phi) is 56.5. The van der Waals surface area contributed by atoms with Gasteiger partial charge in [0.2, 0.25) is 11.8 Å². The Balaban J connectivity index is 0.000000516. The van der Waals surface area contributed by atoms with Crippen molar-refractivity contribution in [2.45, 2.75) is 214 Å². The number of halogens is 9. The van der Waals surface area contributed by atoms with Crippen molar-refractivity contribution in [3.8, 4) is 0 Å². The van der Waals surface area contributed by atoms with Crippen LogP contribution < -0.4 is 11.0 Å². The molecule has 732 valence electrons. The number of carboxylic acid groups (broad SMARTS) is 3. The number of methoxy groups -OCH3 is 5. The number of benzene rings is 8. The first kappa shape index (κ1) is 118. The highest BCUT2D eigenvalue weighted by atomic mass is 79.9. The van der Waals surface area contributed by atoms with E-state index in [2.05, 4.69) is 35.6 Å². The third-order valence-corrected chi connectivity index (χ3v) is 20.3. The zero-order valence-electron chi connectivity index (χ0n) is 76.8. The second kappa shape index (κ2) is 64.1. The molecule has 0 aliphatic carbocycles. The number of carbonyl (C=O) groups excluding carboxylic acids is 8. The molecule has 2 saturated heterocycles. The van der Waals surface area contributed by atoms with Crippen LogP contribution in [0, 0.1) is 102 Å². The van der Waals surface area contributed by atoms with Crippen molar-refractivity contribution in [3.63, 3.8) is 0 Å². The van der Waals surface area contributed by atoms with E-state index in [0.717, 1.165) is 40.4 Å². The van der Waals surface area contributed by atoms with Crippen LogP contribution in [0.1, 0.15) is 246 Å². The lowest BCUT2D eigenvalue weighted by Crippen LogP contribution is -2.33. The molecule has 27 nitrogen and oxygen atoms in total.